The van der Waals surface area contributed by atoms with Crippen molar-refractivity contribution in [3.63, 3.8) is 0 Å². The Kier molecular flexibility index (Phi) is 9.24. The first-order valence-corrected chi connectivity index (χ1v) is 14.2. The lowest BCUT2D eigenvalue weighted by molar-refractivity contribution is -0.116. The van der Waals surface area contributed by atoms with Gasteiger partial charge in [0.05, 0.1) is 5.69 Å². The quantitative estimate of drug-likeness (QED) is 0.199. The minimum absolute atomic E-state index is 0.00270. The van der Waals surface area contributed by atoms with Crippen LogP contribution in [-0.4, -0.2) is 36.2 Å². The molecule has 0 bridgehead atoms. The summed E-state index contributed by atoms with van der Waals surface area (Å²) < 4.78 is 0. The average Bonchev–Trinajstić information content (AvgIpc) is 3.31. The second kappa shape index (κ2) is 12.8. The number of anilines is 1. The molecule has 1 aliphatic carbocycles. The van der Waals surface area contributed by atoms with Gasteiger partial charge in [-0.05, 0) is 79.8 Å². The van der Waals surface area contributed by atoms with Gasteiger partial charge >= 0.3 is 0 Å². The Bertz CT molecular complexity index is 1420. The third-order valence-electron chi connectivity index (χ3n) is 6.93. The molecular weight excluding hydrogens is 488 g/mol. The van der Waals surface area contributed by atoms with E-state index in [9.17, 15) is 9.59 Å². The summed E-state index contributed by atoms with van der Waals surface area (Å²) in [7, 11) is 0. The van der Waals surface area contributed by atoms with E-state index in [0.29, 0.717) is 12.1 Å². The predicted molar refractivity (Wildman–Crippen MR) is 161 cm³/mol. The number of carbonyl (C=O) groups excluding carboxylic acids is 2. The first-order chi connectivity index (χ1) is 18.4. The van der Waals surface area contributed by atoms with Crippen LogP contribution in [0.3, 0.4) is 0 Å². The van der Waals surface area contributed by atoms with Crippen molar-refractivity contribution in [2.24, 2.45) is 0 Å². The summed E-state index contributed by atoms with van der Waals surface area (Å²) in [5.74, 6) is 0.0314. The fraction of sp³-hybridized carbons (Fsp3) is 0.273. The Morgan fingerprint density at radius 1 is 0.868 bits per heavy atom. The molecule has 38 heavy (non-hydrogen) atoms. The van der Waals surface area contributed by atoms with E-state index in [4.69, 9.17) is 0 Å². The second-order valence-electron chi connectivity index (χ2n) is 9.32. The normalized spacial score (nSPS) is 14.6. The van der Waals surface area contributed by atoms with Crippen molar-refractivity contribution in [3.8, 4) is 0 Å². The van der Waals surface area contributed by atoms with Crippen LogP contribution >= 0.6 is 11.8 Å². The highest BCUT2D eigenvalue weighted by Crippen LogP contribution is 2.45. The number of benzene rings is 3. The van der Waals surface area contributed by atoms with Crippen molar-refractivity contribution in [2.75, 3.05) is 24.5 Å². The molecule has 0 saturated heterocycles. The average molecular weight is 525 g/mol. The molecule has 0 radical (unpaired) electrons. The monoisotopic (exact) mass is 524 g/mol. The molecule has 0 N–H and O–H groups in total. The van der Waals surface area contributed by atoms with Crippen LogP contribution in [0, 0.1) is 0 Å². The van der Waals surface area contributed by atoms with Crippen LogP contribution in [0.15, 0.2) is 106 Å². The van der Waals surface area contributed by atoms with Gasteiger partial charge in [-0.15, -0.1) is 0 Å². The van der Waals surface area contributed by atoms with Gasteiger partial charge in [0.1, 0.15) is 0 Å². The number of hydrogen-bond donors (Lipinski definition) is 0. The summed E-state index contributed by atoms with van der Waals surface area (Å²) in [6, 6.07) is 22.0. The molecule has 4 rings (SSSR count). The summed E-state index contributed by atoms with van der Waals surface area (Å²) in [6.45, 7) is 10.4. The number of rotatable bonds is 10. The van der Waals surface area contributed by atoms with E-state index >= 15 is 0 Å². The maximum atomic E-state index is 13.1. The molecule has 0 spiro atoms. The molecule has 0 atom stereocenters. The Hall–Kier alpha value is -3.57. The second-order valence-corrected chi connectivity index (χ2v) is 10.4. The van der Waals surface area contributed by atoms with Crippen molar-refractivity contribution in [1.82, 2.24) is 4.90 Å². The SMILES string of the molecule is CCN(/C=C1\CCC(/C=C/C(=O)c2ccc3ccccc3c2)=C1Sc1ccccc1N(CC)C(C)=O)CC. The number of fused-ring (bicyclic) bond motifs is 1. The highest BCUT2D eigenvalue weighted by Gasteiger charge is 2.23. The number of amides is 1. The van der Waals surface area contributed by atoms with Gasteiger partial charge in [-0.25, -0.2) is 0 Å². The summed E-state index contributed by atoms with van der Waals surface area (Å²) in [4.78, 5) is 31.8. The number of allylic oxidation sites excluding steroid dienone is 4. The third-order valence-corrected chi connectivity index (χ3v) is 8.23. The van der Waals surface area contributed by atoms with Gasteiger partial charge in [0.25, 0.3) is 0 Å². The van der Waals surface area contributed by atoms with Crippen LogP contribution in [-0.2, 0) is 4.79 Å². The highest BCUT2D eigenvalue weighted by molar-refractivity contribution is 8.03. The van der Waals surface area contributed by atoms with E-state index < -0.39 is 0 Å². The third kappa shape index (κ3) is 6.28. The van der Waals surface area contributed by atoms with Crippen LogP contribution in [0.1, 0.15) is 50.9 Å². The van der Waals surface area contributed by atoms with Crippen molar-refractivity contribution < 1.29 is 9.59 Å². The van der Waals surface area contributed by atoms with Crippen LogP contribution in [0.25, 0.3) is 10.8 Å². The van der Waals surface area contributed by atoms with Crippen LogP contribution in [0.4, 0.5) is 5.69 Å². The maximum absolute atomic E-state index is 13.1. The Labute approximate surface area is 230 Å². The van der Waals surface area contributed by atoms with Gasteiger partial charge in [-0.2, -0.15) is 0 Å². The lowest BCUT2D eigenvalue weighted by atomic mass is 10.0. The standard InChI is InChI=1S/C33H36N2O2S/c1-5-34(6-2)23-29-19-17-26(20-21-31(37)28-18-16-25-12-8-9-13-27(25)22-28)33(29)38-32-15-11-10-14-30(32)35(7-3)24(4)36/h8-16,18,20-23H,5-7,17,19H2,1-4H3/b21-20+,29-23+. The zero-order chi connectivity index (χ0) is 27.1. The molecule has 5 heteroatoms. The smallest absolute Gasteiger partial charge is 0.223 e. The number of hydrogen-bond acceptors (Lipinski definition) is 4. The molecule has 1 aliphatic rings. The van der Waals surface area contributed by atoms with Crippen LogP contribution in [0.2, 0.25) is 0 Å². The summed E-state index contributed by atoms with van der Waals surface area (Å²) in [5.41, 5.74) is 4.04. The first-order valence-electron chi connectivity index (χ1n) is 13.4. The number of carbonyl (C=O) groups is 2. The molecule has 0 unspecified atom stereocenters. The zero-order valence-corrected chi connectivity index (χ0v) is 23.6. The molecule has 0 aliphatic heterocycles. The van der Waals surface area contributed by atoms with E-state index in [1.54, 1.807) is 24.8 Å². The number of nitrogens with zero attached hydrogens (tertiary/aromatic N) is 2. The summed E-state index contributed by atoms with van der Waals surface area (Å²) in [6.07, 6.45) is 7.77. The van der Waals surface area contributed by atoms with Gasteiger partial charge in [0.15, 0.2) is 5.78 Å². The molecule has 0 aromatic heterocycles. The van der Waals surface area contributed by atoms with Gasteiger partial charge in [-0.3, -0.25) is 9.59 Å². The fourth-order valence-corrected chi connectivity index (χ4v) is 6.03. The molecule has 3 aromatic rings. The largest absolute Gasteiger partial charge is 0.378 e. The van der Waals surface area contributed by atoms with Gasteiger partial charge < -0.3 is 9.80 Å². The lowest BCUT2D eigenvalue weighted by Gasteiger charge is -2.23. The van der Waals surface area contributed by atoms with Crippen molar-refractivity contribution in [2.45, 2.75) is 45.4 Å². The molecule has 1 amide bonds. The number of thioether (sulfide) groups is 1. The van der Waals surface area contributed by atoms with Crippen LogP contribution < -0.4 is 4.90 Å². The number of para-hydroxylation sites is 1. The first kappa shape index (κ1) is 27.5. The van der Waals surface area contributed by atoms with Crippen molar-refractivity contribution >= 4 is 39.9 Å². The molecular formula is C33H36N2O2S. The minimum atomic E-state index is 0.00270. The van der Waals surface area contributed by atoms with Gasteiger partial charge in [0, 0.05) is 48.1 Å². The van der Waals surface area contributed by atoms with Crippen LogP contribution in [0.5, 0.6) is 0 Å². The topological polar surface area (TPSA) is 40.6 Å². The Balaban J connectivity index is 1.70. The van der Waals surface area contributed by atoms with Crippen molar-refractivity contribution in [3.05, 3.63) is 107 Å². The molecule has 0 fully saturated rings. The fourth-order valence-electron chi connectivity index (χ4n) is 4.80. The van der Waals surface area contributed by atoms with E-state index in [0.717, 1.165) is 52.9 Å². The summed E-state index contributed by atoms with van der Waals surface area (Å²) in [5, 5.41) is 2.19. The lowest BCUT2D eigenvalue weighted by Crippen LogP contribution is -2.28. The molecule has 196 valence electrons. The van der Waals surface area contributed by atoms with E-state index in [1.807, 2.05) is 72.5 Å². The van der Waals surface area contributed by atoms with E-state index in [2.05, 4.69) is 37.1 Å². The van der Waals surface area contributed by atoms with E-state index in [-0.39, 0.29) is 11.7 Å². The minimum Gasteiger partial charge on any atom is -0.378 e. The number of ketones is 1. The van der Waals surface area contributed by atoms with Gasteiger partial charge in [0.2, 0.25) is 5.91 Å². The van der Waals surface area contributed by atoms with Crippen molar-refractivity contribution in [1.29, 1.82) is 0 Å². The molecule has 3 aromatic carbocycles. The summed E-state index contributed by atoms with van der Waals surface area (Å²) >= 11 is 1.70. The molecule has 0 heterocycles. The van der Waals surface area contributed by atoms with Gasteiger partial charge in [-0.1, -0.05) is 66.4 Å². The highest BCUT2D eigenvalue weighted by atomic mass is 32.2. The Morgan fingerprint density at radius 3 is 2.29 bits per heavy atom. The zero-order valence-electron chi connectivity index (χ0n) is 22.7. The van der Waals surface area contributed by atoms with E-state index in [1.165, 1.54) is 10.5 Å². The predicted octanol–water partition coefficient (Wildman–Crippen LogP) is 8.02. The molecule has 0 saturated carbocycles. The maximum Gasteiger partial charge on any atom is 0.223 e. The Morgan fingerprint density at radius 2 is 1.58 bits per heavy atom. The molecule has 4 nitrogen and oxygen atoms in total.